The van der Waals surface area contributed by atoms with Gasteiger partial charge in [-0.15, -0.1) is 0 Å². The van der Waals surface area contributed by atoms with Gasteiger partial charge in [-0.05, 0) is 33.0 Å². The number of likely N-dealkylation sites (N-methyl/N-ethyl adjacent to an activating group) is 1. The largest absolute Gasteiger partial charge is 0.497 e. The number of ether oxygens (including phenoxy) is 1. The number of nitrogens with two attached hydrogens (primary N) is 1. The van der Waals surface area contributed by atoms with E-state index in [4.69, 9.17) is 10.5 Å². The van der Waals surface area contributed by atoms with Crippen LogP contribution in [0.15, 0.2) is 18.2 Å². The minimum absolute atomic E-state index is 0.555. The summed E-state index contributed by atoms with van der Waals surface area (Å²) in [5.74, 6) is 0.818. The molecule has 17 heavy (non-hydrogen) atoms. The van der Waals surface area contributed by atoms with Gasteiger partial charge in [-0.25, -0.2) is 0 Å². The zero-order valence-corrected chi connectivity index (χ0v) is 11.2. The fourth-order valence-electron chi connectivity index (χ4n) is 1.44. The number of hydrogen-bond acceptors (Lipinski definition) is 4. The Morgan fingerprint density at radius 2 is 2.12 bits per heavy atom. The Kier molecular flexibility index (Phi) is 5.10. The zero-order valence-electron chi connectivity index (χ0n) is 11.2. The van der Waals surface area contributed by atoms with Gasteiger partial charge in [-0.2, -0.15) is 0 Å². The Balaban J connectivity index is 2.51. The Morgan fingerprint density at radius 3 is 2.71 bits per heavy atom. The predicted molar refractivity (Wildman–Crippen MR) is 73.7 cm³/mol. The Labute approximate surface area is 104 Å². The lowest BCUT2D eigenvalue weighted by Crippen LogP contribution is -2.31. The molecule has 0 saturated carbocycles. The first-order valence-corrected chi connectivity index (χ1v) is 5.92. The molecule has 0 heterocycles. The molecule has 0 aromatic heterocycles. The van der Waals surface area contributed by atoms with Crippen molar-refractivity contribution in [3.8, 4) is 5.75 Å². The van der Waals surface area contributed by atoms with E-state index in [-0.39, 0.29) is 0 Å². The first-order chi connectivity index (χ1) is 8.04. The van der Waals surface area contributed by atoms with Crippen LogP contribution < -0.4 is 15.8 Å². The number of rotatable bonds is 6. The molecule has 0 aliphatic heterocycles. The zero-order chi connectivity index (χ0) is 12.8. The van der Waals surface area contributed by atoms with Crippen LogP contribution in [-0.2, 0) is 0 Å². The lowest BCUT2D eigenvalue weighted by atomic mass is 10.2. The van der Waals surface area contributed by atoms with Gasteiger partial charge >= 0.3 is 0 Å². The summed E-state index contributed by atoms with van der Waals surface area (Å²) in [6.45, 7) is 6.21. The topological polar surface area (TPSA) is 50.5 Å². The van der Waals surface area contributed by atoms with E-state index in [9.17, 15) is 0 Å². The molecule has 0 fully saturated rings. The Morgan fingerprint density at radius 1 is 1.41 bits per heavy atom. The maximum absolute atomic E-state index is 5.89. The summed E-state index contributed by atoms with van der Waals surface area (Å²) in [5.41, 5.74) is 7.57. The molecule has 0 radical (unpaired) electrons. The van der Waals surface area contributed by atoms with Gasteiger partial charge in [0.15, 0.2) is 0 Å². The summed E-state index contributed by atoms with van der Waals surface area (Å²) in [4.78, 5) is 2.28. The molecule has 4 nitrogen and oxygen atoms in total. The third-order valence-electron chi connectivity index (χ3n) is 2.92. The highest BCUT2D eigenvalue weighted by Crippen LogP contribution is 2.23. The molecular formula is C13H23N3O. The number of nitrogen functional groups attached to an aromatic ring is 1. The molecule has 0 atom stereocenters. The molecule has 1 aromatic carbocycles. The van der Waals surface area contributed by atoms with Crippen LogP contribution in [0.3, 0.4) is 0 Å². The molecule has 1 aromatic rings. The minimum atomic E-state index is 0.555. The molecule has 96 valence electrons. The number of hydrogen-bond donors (Lipinski definition) is 2. The van der Waals surface area contributed by atoms with E-state index < -0.39 is 0 Å². The third-order valence-corrected chi connectivity index (χ3v) is 2.92. The SMILES string of the molecule is COc1ccc(N)c(NCCN(C)C(C)C)c1. The van der Waals surface area contributed by atoms with Crippen molar-refractivity contribution in [2.45, 2.75) is 19.9 Å². The fraction of sp³-hybridized carbons (Fsp3) is 0.538. The summed E-state index contributed by atoms with van der Waals surface area (Å²) >= 11 is 0. The molecule has 0 spiro atoms. The summed E-state index contributed by atoms with van der Waals surface area (Å²) < 4.78 is 5.17. The van der Waals surface area contributed by atoms with Gasteiger partial charge in [0.05, 0.1) is 18.5 Å². The van der Waals surface area contributed by atoms with E-state index in [2.05, 4.69) is 31.1 Å². The van der Waals surface area contributed by atoms with E-state index in [1.807, 2.05) is 18.2 Å². The third kappa shape index (κ3) is 4.15. The molecule has 4 heteroatoms. The number of benzene rings is 1. The van der Waals surface area contributed by atoms with Crippen molar-refractivity contribution in [2.75, 3.05) is 38.3 Å². The van der Waals surface area contributed by atoms with Crippen molar-refractivity contribution in [3.05, 3.63) is 18.2 Å². The summed E-state index contributed by atoms with van der Waals surface area (Å²) in [6, 6.07) is 6.19. The van der Waals surface area contributed by atoms with Gasteiger partial charge in [0.1, 0.15) is 5.75 Å². The predicted octanol–water partition coefficient (Wildman–Crippen LogP) is 2.03. The molecule has 0 amide bonds. The second kappa shape index (κ2) is 6.35. The maximum Gasteiger partial charge on any atom is 0.121 e. The highest BCUT2D eigenvalue weighted by atomic mass is 16.5. The van der Waals surface area contributed by atoms with E-state index in [0.717, 1.165) is 30.2 Å². The average Bonchev–Trinajstić information content (AvgIpc) is 2.31. The van der Waals surface area contributed by atoms with Crippen LogP contribution in [0.2, 0.25) is 0 Å². The molecule has 0 bridgehead atoms. The van der Waals surface area contributed by atoms with Crippen LogP contribution in [-0.4, -0.2) is 38.2 Å². The lowest BCUT2D eigenvalue weighted by Gasteiger charge is -2.21. The highest BCUT2D eigenvalue weighted by molar-refractivity contribution is 5.68. The quantitative estimate of drug-likeness (QED) is 0.743. The van der Waals surface area contributed by atoms with Crippen LogP contribution in [0.4, 0.5) is 11.4 Å². The van der Waals surface area contributed by atoms with E-state index in [1.165, 1.54) is 0 Å². The molecular weight excluding hydrogens is 214 g/mol. The first-order valence-electron chi connectivity index (χ1n) is 5.92. The first kappa shape index (κ1) is 13.6. The monoisotopic (exact) mass is 237 g/mol. The number of anilines is 2. The second-order valence-corrected chi connectivity index (χ2v) is 4.45. The van der Waals surface area contributed by atoms with Gasteiger partial charge in [-0.3, -0.25) is 0 Å². The van der Waals surface area contributed by atoms with Crippen LogP contribution in [0.25, 0.3) is 0 Å². The number of nitrogens with one attached hydrogen (secondary N) is 1. The van der Waals surface area contributed by atoms with Gasteiger partial charge in [-0.1, -0.05) is 0 Å². The number of methoxy groups -OCH3 is 1. The molecule has 0 aliphatic carbocycles. The maximum atomic E-state index is 5.89. The highest BCUT2D eigenvalue weighted by Gasteiger charge is 2.04. The second-order valence-electron chi connectivity index (χ2n) is 4.45. The summed E-state index contributed by atoms with van der Waals surface area (Å²) in [5, 5.41) is 3.33. The Bertz CT molecular complexity index is 353. The van der Waals surface area contributed by atoms with Crippen molar-refractivity contribution in [1.82, 2.24) is 4.90 Å². The van der Waals surface area contributed by atoms with Crippen molar-refractivity contribution in [1.29, 1.82) is 0 Å². The Hall–Kier alpha value is -1.42. The van der Waals surface area contributed by atoms with Gasteiger partial charge in [0.2, 0.25) is 0 Å². The summed E-state index contributed by atoms with van der Waals surface area (Å²) in [6.07, 6.45) is 0. The van der Waals surface area contributed by atoms with Crippen molar-refractivity contribution < 1.29 is 4.74 Å². The molecule has 0 saturated heterocycles. The normalized spacial score (nSPS) is 10.9. The van der Waals surface area contributed by atoms with Crippen LogP contribution in [0.5, 0.6) is 5.75 Å². The molecule has 1 rings (SSSR count). The molecule has 3 N–H and O–H groups in total. The van der Waals surface area contributed by atoms with E-state index in [1.54, 1.807) is 7.11 Å². The van der Waals surface area contributed by atoms with Crippen molar-refractivity contribution >= 4 is 11.4 Å². The van der Waals surface area contributed by atoms with Crippen molar-refractivity contribution in [3.63, 3.8) is 0 Å². The van der Waals surface area contributed by atoms with Gasteiger partial charge < -0.3 is 20.7 Å². The average molecular weight is 237 g/mol. The van der Waals surface area contributed by atoms with Crippen LogP contribution >= 0.6 is 0 Å². The lowest BCUT2D eigenvalue weighted by molar-refractivity contribution is 0.284. The van der Waals surface area contributed by atoms with Crippen LogP contribution in [0.1, 0.15) is 13.8 Å². The molecule has 0 aliphatic rings. The fourth-order valence-corrected chi connectivity index (χ4v) is 1.44. The van der Waals surface area contributed by atoms with Gasteiger partial charge in [0.25, 0.3) is 0 Å². The number of nitrogens with zero attached hydrogens (tertiary/aromatic N) is 1. The van der Waals surface area contributed by atoms with Crippen molar-refractivity contribution in [2.24, 2.45) is 0 Å². The van der Waals surface area contributed by atoms with Gasteiger partial charge in [0, 0.05) is 25.2 Å². The minimum Gasteiger partial charge on any atom is -0.497 e. The van der Waals surface area contributed by atoms with E-state index >= 15 is 0 Å². The smallest absolute Gasteiger partial charge is 0.121 e. The van der Waals surface area contributed by atoms with E-state index in [0.29, 0.717) is 6.04 Å². The summed E-state index contributed by atoms with van der Waals surface area (Å²) in [7, 11) is 3.77. The van der Waals surface area contributed by atoms with Crippen LogP contribution in [0, 0.1) is 0 Å². The molecule has 0 unspecified atom stereocenters. The standard InChI is InChI=1S/C13H23N3O/c1-10(2)16(3)8-7-15-13-9-11(17-4)5-6-12(13)14/h5-6,9-10,15H,7-8,14H2,1-4H3.